The van der Waals surface area contributed by atoms with Crippen LogP contribution in [0.3, 0.4) is 0 Å². The van der Waals surface area contributed by atoms with Gasteiger partial charge in [-0.1, -0.05) is 15.9 Å². The zero-order valence-electron chi connectivity index (χ0n) is 11.4. The van der Waals surface area contributed by atoms with Crippen molar-refractivity contribution in [2.45, 2.75) is 33.9 Å². The number of benzene rings is 1. The molecule has 1 aromatic carbocycles. The van der Waals surface area contributed by atoms with E-state index in [1.54, 1.807) is 0 Å². The molecule has 0 spiro atoms. The van der Waals surface area contributed by atoms with Gasteiger partial charge in [0.05, 0.1) is 6.54 Å². The van der Waals surface area contributed by atoms with Crippen LogP contribution in [0.5, 0.6) is 5.75 Å². The van der Waals surface area contributed by atoms with Crippen molar-refractivity contribution in [3.8, 4) is 5.75 Å². The van der Waals surface area contributed by atoms with Gasteiger partial charge < -0.3 is 14.9 Å². The van der Waals surface area contributed by atoms with Crippen molar-refractivity contribution < 1.29 is 9.15 Å². The summed E-state index contributed by atoms with van der Waals surface area (Å²) >= 11 is 3.55. The Morgan fingerprint density at radius 2 is 1.79 bits per heavy atom. The molecule has 0 amide bonds. The van der Waals surface area contributed by atoms with Crippen LogP contribution in [0, 0.1) is 20.8 Å². The minimum atomic E-state index is 0.414. The molecular weight excluding hydrogens is 306 g/mol. The minimum Gasteiger partial charge on any atom is -0.489 e. The monoisotopic (exact) mass is 323 g/mol. The lowest BCUT2D eigenvalue weighted by Gasteiger charge is -2.09. The van der Waals surface area contributed by atoms with Gasteiger partial charge in [0.2, 0.25) is 0 Å². The first kappa shape index (κ1) is 14.2. The Balaban J connectivity index is 2.12. The second-order valence-electron chi connectivity index (χ2n) is 4.66. The molecule has 0 saturated heterocycles. The summed E-state index contributed by atoms with van der Waals surface area (Å²) in [5, 5.41) is 0. The Morgan fingerprint density at radius 1 is 1.16 bits per heavy atom. The number of rotatable bonds is 4. The molecule has 0 atom stereocenters. The fourth-order valence-electron chi connectivity index (χ4n) is 1.98. The third-order valence-corrected chi connectivity index (χ3v) is 4.33. The van der Waals surface area contributed by atoms with Gasteiger partial charge in [-0.2, -0.15) is 0 Å². The number of aryl methyl sites for hydroxylation is 3. The van der Waals surface area contributed by atoms with E-state index in [1.807, 2.05) is 25.1 Å². The third-order valence-electron chi connectivity index (χ3n) is 3.08. The van der Waals surface area contributed by atoms with E-state index in [2.05, 4.69) is 29.8 Å². The van der Waals surface area contributed by atoms with Crippen LogP contribution >= 0.6 is 15.9 Å². The van der Waals surface area contributed by atoms with Crippen LogP contribution < -0.4 is 10.5 Å². The van der Waals surface area contributed by atoms with Crippen LogP contribution in [0.15, 0.2) is 27.1 Å². The van der Waals surface area contributed by atoms with Crippen molar-refractivity contribution in [3.05, 3.63) is 50.9 Å². The Morgan fingerprint density at radius 3 is 2.32 bits per heavy atom. The molecule has 0 fully saturated rings. The lowest BCUT2D eigenvalue weighted by Crippen LogP contribution is -1.97. The van der Waals surface area contributed by atoms with Gasteiger partial charge in [0, 0.05) is 10.0 Å². The lowest BCUT2D eigenvalue weighted by molar-refractivity contribution is 0.302. The van der Waals surface area contributed by atoms with E-state index in [-0.39, 0.29) is 0 Å². The number of nitrogens with two attached hydrogens (primary N) is 1. The first-order valence-electron chi connectivity index (χ1n) is 6.19. The third kappa shape index (κ3) is 3.19. The molecule has 4 heteroatoms. The molecule has 2 aromatic rings. The lowest BCUT2D eigenvalue weighted by atomic mass is 10.1. The summed E-state index contributed by atoms with van der Waals surface area (Å²) < 4.78 is 12.5. The number of hydrogen-bond acceptors (Lipinski definition) is 3. The molecule has 3 nitrogen and oxygen atoms in total. The minimum absolute atomic E-state index is 0.414. The number of hydrogen-bond donors (Lipinski definition) is 1. The Hall–Kier alpha value is -1.26. The molecule has 102 valence electrons. The van der Waals surface area contributed by atoms with E-state index in [9.17, 15) is 0 Å². The molecular formula is C15H18BrNO2. The van der Waals surface area contributed by atoms with Crippen LogP contribution in [0.1, 0.15) is 28.2 Å². The first-order chi connectivity index (χ1) is 9.01. The Kier molecular flexibility index (Phi) is 4.32. The fraction of sp³-hybridized carbons (Fsp3) is 0.333. The maximum atomic E-state index is 5.83. The molecule has 0 aliphatic carbocycles. The molecule has 0 aliphatic heterocycles. The van der Waals surface area contributed by atoms with Crippen molar-refractivity contribution >= 4 is 15.9 Å². The summed E-state index contributed by atoms with van der Waals surface area (Å²) in [4.78, 5) is 0. The molecule has 0 radical (unpaired) electrons. The molecule has 1 heterocycles. The highest BCUT2D eigenvalue weighted by Crippen LogP contribution is 2.27. The average molecular weight is 324 g/mol. The summed E-state index contributed by atoms with van der Waals surface area (Å²) in [6.45, 7) is 6.95. The molecule has 1 aromatic heterocycles. The molecule has 2 rings (SSSR count). The largest absolute Gasteiger partial charge is 0.489 e. The van der Waals surface area contributed by atoms with Gasteiger partial charge in [-0.15, -0.1) is 0 Å². The maximum absolute atomic E-state index is 5.83. The highest BCUT2D eigenvalue weighted by Gasteiger charge is 2.08. The van der Waals surface area contributed by atoms with Gasteiger partial charge in [0.25, 0.3) is 0 Å². The first-order valence-corrected chi connectivity index (χ1v) is 6.98. The Bertz CT molecular complexity index is 567. The predicted octanol–water partition coefficient (Wildman–Crippen LogP) is 4.01. The van der Waals surface area contributed by atoms with E-state index in [0.717, 1.165) is 27.3 Å². The van der Waals surface area contributed by atoms with Crippen LogP contribution in [0.4, 0.5) is 0 Å². The normalized spacial score (nSPS) is 10.8. The highest BCUT2D eigenvalue weighted by atomic mass is 79.9. The molecule has 0 saturated carbocycles. The molecule has 19 heavy (non-hydrogen) atoms. The van der Waals surface area contributed by atoms with Gasteiger partial charge in [-0.25, -0.2) is 0 Å². The molecule has 0 aliphatic rings. The maximum Gasteiger partial charge on any atom is 0.120 e. The molecule has 0 unspecified atom stereocenters. The number of halogens is 1. The van der Waals surface area contributed by atoms with E-state index in [4.69, 9.17) is 14.9 Å². The van der Waals surface area contributed by atoms with Crippen LogP contribution in [0.2, 0.25) is 0 Å². The van der Waals surface area contributed by atoms with Crippen molar-refractivity contribution in [3.63, 3.8) is 0 Å². The number of furan rings is 1. The van der Waals surface area contributed by atoms with Crippen LogP contribution in [-0.2, 0) is 13.2 Å². The van der Waals surface area contributed by atoms with Gasteiger partial charge in [-0.05, 0) is 50.1 Å². The van der Waals surface area contributed by atoms with Gasteiger partial charge in [0.15, 0.2) is 0 Å². The second-order valence-corrected chi connectivity index (χ2v) is 5.45. The van der Waals surface area contributed by atoms with Crippen molar-refractivity contribution in [2.75, 3.05) is 0 Å². The van der Waals surface area contributed by atoms with E-state index < -0.39 is 0 Å². The van der Waals surface area contributed by atoms with Gasteiger partial charge >= 0.3 is 0 Å². The zero-order valence-corrected chi connectivity index (χ0v) is 13.0. The summed E-state index contributed by atoms with van der Waals surface area (Å²) in [5.41, 5.74) is 8.93. The second kappa shape index (κ2) is 5.80. The predicted molar refractivity (Wildman–Crippen MR) is 79.3 cm³/mol. The SMILES string of the molecule is Cc1cc(OCc2cc(CN)oc2C)cc(C)c1Br. The van der Waals surface area contributed by atoms with Crippen LogP contribution in [0.25, 0.3) is 0 Å². The standard InChI is InChI=1S/C15H18BrNO2/c1-9-4-13(5-10(2)15(9)16)18-8-12-6-14(7-17)19-11(12)3/h4-6H,7-8,17H2,1-3H3. The zero-order chi connectivity index (χ0) is 14.0. The van der Waals surface area contributed by atoms with Crippen molar-refractivity contribution in [1.82, 2.24) is 0 Å². The smallest absolute Gasteiger partial charge is 0.120 e. The van der Waals surface area contributed by atoms with E-state index in [1.165, 1.54) is 11.1 Å². The van der Waals surface area contributed by atoms with Gasteiger partial charge in [0.1, 0.15) is 23.9 Å². The van der Waals surface area contributed by atoms with E-state index in [0.29, 0.717) is 13.2 Å². The topological polar surface area (TPSA) is 48.4 Å². The summed E-state index contributed by atoms with van der Waals surface area (Å²) in [6, 6.07) is 6.00. The average Bonchev–Trinajstić information content (AvgIpc) is 2.74. The van der Waals surface area contributed by atoms with Gasteiger partial charge in [-0.3, -0.25) is 0 Å². The summed E-state index contributed by atoms with van der Waals surface area (Å²) in [7, 11) is 0. The highest BCUT2D eigenvalue weighted by molar-refractivity contribution is 9.10. The fourth-order valence-corrected chi connectivity index (χ4v) is 2.21. The number of ether oxygens (including phenoxy) is 1. The Labute approximate surface area is 121 Å². The van der Waals surface area contributed by atoms with Crippen LogP contribution in [-0.4, -0.2) is 0 Å². The summed E-state index contributed by atoms with van der Waals surface area (Å²) in [5.74, 6) is 2.53. The molecule has 0 bridgehead atoms. The molecule has 2 N–H and O–H groups in total. The van der Waals surface area contributed by atoms with Crippen molar-refractivity contribution in [1.29, 1.82) is 0 Å². The van der Waals surface area contributed by atoms with Crippen molar-refractivity contribution in [2.24, 2.45) is 5.73 Å². The quantitative estimate of drug-likeness (QED) is 0.924. The summed E-state index contributed by atoms with van der Waals surface area (Å²) in [6.07, 6.45) is 0. The van der Waals surface area contributed by atoms with E-state index >= 15 is 0 Å².